The van der Waals surface area contributed by atoms with E-state index < -0.39 is 0 Å². The lowest BCUT2D eigenvalue weighted by Crippen LogP contribution is -2.31. The van der Waals surface area contributed by atoms with Crippen LogP contribution in [0.5, 0.6) is 0 Å². The van der Waals surface area contributed by atoms with Crippen molar-refractivity contribution in [3.8, 4) is 0 Å². The fourth-order valence-corrected chi connectivity index (χ4v) is 3.03. The van der Waals surface area contributed by atoms with Crippen molar-refractivity contribution >= 4 is 23.6 Å². The summed E-state index contributed by atoms with van der Waals surface area (Å²) in [6, 6.07) is 8.19. The highest BCUT2D eigenvalue weighted by Crippen LogP contribution is 2.23. The highest BCUT2D eigenvalue weighted by Gasteiger charge is 2.34. The minimum absolute atomic E-state index is 0.196. The van der Waals surface area contributed by atoms with Crippen LogP contribution in [0.3, 0.4) is 0 Å². The van der Waals surface area contributed by atoms with Crippen molar-refractivity contribution in [2.24, 2.45) is 0 Å². The van der Waals surface area contributed by atoms with Crippen LogP contribution in [-0.4, -0.2) is 39.0 Å². The predicted molar refractivity (Wildman–Crippen MR) is 82.0 cm³/mol. The lowest BCUT2D eigenvalue weighted by atomic mass is 10.1. The number of hydrogen-bond acceptors (Lipinski definition) is 5. The first-order valence-electron chi connectivity index (χ1n) is 6.80. The van der Waals surface area contributed by atoms with E-state index in [1.54, 1.807) is 24.3 Å². The Hall–Kier alpha value is -2.41. The normalized spacial score (nSPS) is 13.5. The second kappa shape index (κ2) is 6.15. The van der Waals surface area contributed by atoms with Crippen LogP contribution < -0.4 is 5.56 Å². The quantitative estimate of drug-likeness (QED) is 0.392. The fourth-order valence-electron chi connectivity index (χ4n) is 2.26. The molecule has 2 aromatic rings. The highest BCUT2D eigenvalue weighted by molar-refractivity contribution is 7.99. The predicted octanol–water partition coefficient (Wildman–Crippen LogP) is 1.55. The van der Waals surface area contributed by atoms with Crippen LogP contribution >= 0.6 is 11.8 Å². The Balaban J connectivity index is 1.56. The summed E-state index contributed by atoms with van der Waals surface area (Å²) in [5.41, 5.74) is 0.737. The Labute approximate surface area is 130 Å². The van der Waals surface area contributed by atoms with E-state index in [0.717, 1.165) is 0 Å². The molecule has 0 atom stereocenters. The van der Waals surface area contributed by atoms with Gasteiger partial charge in [-0.1, -0.05) is 23.9 Å². The number of thioether (sulfide) groups is 1. The van der Waals surface area contributed by atoms with Gasteiger partial charge in [0.25, 0.3) is 17.4 Å². The first-order valence-corrected chi connectivity index (χ1v) is 7.79. The van der Waals surface area contributed by atoms with Crippen molar-refractivity contribution in [1.29, 1.82) is 0 Å². The molecule has 1 aliphatic heterocycles. The Morgan fingerprint density at radius 1 is 1.05 bits per heavy atom. The molecule has 1 aromatic carbocycles. The summed E-state index contributed by atoms with van der Waals surface area (Å²) in [7, 11) is 0. The number of hydrogen-bond donors (Lipinski definition) is 1. The van der Waals surface area contributed by atoms with Crippen LogP contribution in [0.15, 0.2) is 46.5 Å². The Morgan fingerprint density at radius 2 is 1.73 bits per heavy atom. The molecule has 1 aliphatic rings. The summed E-state index contributed by atoms with van der Waals surface area (Å²) in [4.78, 5) is 43.4. The highest BCUT2D eigenvalue weighted by atomic mass is 32.2. The molecule has 7 heteroatoms. The summed E-state index contributed by atoms with van der Waals surface area (Å²) >= 11 is 1.39. The van der Waals surface area contributed by atoms with Crippen LogP contribution in [0.1, 0.15) is 27.1 Å². The smallest absolute Gasteiger partial charge is 0.261 e. The van der Waals surface area contributed by atoms with Gasteiger partial charge in [-0.2, -0.15) is 0 Å². The fraction of sp³-hybridized carbons (Fsp3) is 0.200. The van der Waals surface area contributed by atoms with Crippen molar-refractivity contribution in [2.75, 3.05) is 12.3 Å². The van der Waals surface area contributed by atoms with Crippen molar-refractivity contribution in [3.63, 3.8) is 0 Å². The molecule has 6 nitrogen and oxygen atoms in total. The van der Waals surface area contributed by atoms with Crippen LogP contribution in [0.25, 0.3) is 0 Å². The molecule has 3 rings (SSSR count). The monoisotopic (exact) mass is 315 g/mol. The molecule has 22 heavy (non-hydrogen) atoms. The maximum absolute atomic E-state index is 12.2. The van der Waals surface area contributed by atoms with E-state index in [9.17, 15) is 14.4 Å². The van der Waals surface area contributed by atoms with Gasteiger partial charge in [0.15, 0.2) is 5.16 Å². The number of H-pyrrole nitrogens is 1. The van der Waals surface area contributed by atoms with E-state index in [2.05, 4.69) is 9.97 Å². The third-order valence-corrected chi connectivity index (χ3v) is 4.26. The van der Waals surface area contributed by atoms with Crippen LogP contribution in [0, 0.1) is 0 Å². The molecular formula is C15H13N3O3S. The van der Waals surface area contributed by atoms with E-state index in [1.807, 2.05) is 0 Å². The zero-order valence-corrected chi connectivity index (χ0v) is 12.4. The third-order valence-electron chi connectivity index (χ3n) is 3.29. The third kappa shape index (κ3) is 2.80. The molecule has 0 radical (unpaired) electrons. The van der Waals surface area contributed by atoms with E-state index in [1.165, 1.54) is 28.9 Å². The van der Waals surface area contributed by atoms with Crippen LogP contribution in [0.4, 0.5) is 0 Å². The van der Waals surface area contributed by atoms with Gasteiger partial charge in [-0.05, 0) is 18.6 Å². The first-order chi connectivity index (χ1) is 10.7. The maximum atomic E-state index is 12.2. The number of amides is 2. The number of imide groups is 1. The zero-order chi connectivity index (χ0) is 15.5. The van der Waals surface area contributed by atoms with Gasteiger partial charge in [-0.15, -0.1) is 0 Å². The van der Waals surface area contributed by atoms with Gasteiger partial charge >= 0.3 is 0 Å². The van der Waals surface area contributed by atoms with Crippen molar-refractivity contribution < 1.29 is 9.59 Å². The number of fused-ring (bicyclic) bond motifs is 1. The standard InChI is InChI=1S/C15H13N3O3S/c19-12-6-7-16-15(17-12)22-9-3-8-18-13(20)10-4-1-2-5-11(10)14(18)21/h1-2,4-7H,3,8-9H2,(H,16,17,19). The molecule has 0 spiro atoms. The second-order valence-electron chi connectivity index (χ2n) is 4.75. The molecule has 0 fully saturated rings. The molecule has 112 valence electrons. The molecule has 0 saturated heterocycles. The van der Waals surface area contributed by atoms with Crippen molar-refractivity contribution in [1.82, 2.24) is 14.9 Å². The van der Waals surface area contributed by atoms with Gasteiger partial charge in [-0.25, -0.2) is 4.98 Å². The Bertz CT molecular complexity index is 752. The molecule has 0 saturated carbocycles. The molecule has 1 aromatic heterocycles. The second-order valence-corrected chi connectivity index (χ2v) is 5.83. The number of benzene rings is 1. The number of carbonyl (C=O) groups excluding carboxylic acids is 2. The lowest BCUT2D eigenvalue weighted by molar-refractivity contribution is 0.0655. The maximum Gasteiger partial charge on any atom is 0.261 e. The Morgan fingerprint density at radius 3 is 2.36 bits per heavy atom. The summed E-state index contributed by atoms with van der Waals surface area (Å²) in [5, 5.41) is 0.537. The van der Waals surface area contributed by atoms with Gasteiger partial charge in [-0.3, -0.25) is 19.3 Å². The first kappa shape index (κ1) is 14.5. The molecule has 0 bridgehead atoms. The molecule has 0 unspecified atom stereocenters. The van der Waals surface area contributed by atoms with E-state index in [0.29, 0.717) is 35.0 Å². The molecule has 0 aliphatic carbocycles. The van der Waals surface area contributed by atoms with Gasteiger partial charge in [0, 0.05) is 24.6 Å². The SMILES string of the molecule is O=C1c2ccccc2C(=O)N1CCCSc1nccc(=O)[nH]1. The van der Waals surface area contributed by atoms with Crippen LogP contribution in [0.2, 0.25) is 0 Å². The summed E-state index contributed by atoms with van der Waals surface area (Å²) in [6.45, 7) is 0.358. The average Bonchev–Trinajstić information content (AvgIpc) is 2.77. The Kier molecular flexibility index (Phi) is 4.06. The number of nitrogens with one attached hydrogen (secondary N) is 1. The molecule has 2 heterocycles. The van der Waals surface area contributed by atoms with Crippen LogP contribution in [-0.2, 0) is 0 Å². The van der Waals surface area contributed by atoms with Gasteiger partial charge < -0.3 is 4.98 Å². The molecular weight excluding hydrogens is 302 g/mol. The van der Waals surface area contributed by atoms with Gasteiger partial charge in [0.05, 0.1) is 11.1 Å². The summed E-state index contributed by atoms with van der Waals surface area (Å²) < 4.78 is 0. The minimum Gasteiger partial charge on any atom is -0.301 e. The van der Waals surface area contributed by atoms with E-state index in [-0.39, 0.29) is 17.4 Å². The lowest BCUT2D eigenvalue weighted by Gasteiger charge is -2.13. The van der Waals surface area contributed by atoms with E-state index in [4.69, 9.17) is 0 Å². The number of nitrogens with zero attached hydrogens (tertiary/aromatic N) is 2. The van der Waals surface area contributed by atoms with Crippen molar-refractivity contribution in [2.45, 2.75) is 11.6 Å². The number of aromatic nitrogens is 2. The topological polar surface area (TPSA) is 83.1 Å². The number of aromatic amines is 1. The van der Waals surface area contributed by atoms with Gasteiger partial charge in [0.2, 0.25) is 0 Å². The van der Waals surface area contributed by atoms with Crippen molar-refractivity contribution in [3.05, 3.63) is 58.0 Å². The molecule has 1 N–H and O–H groups in total. The number of rotatable bonds is 5. The number of carbonyl (C=O) groups is 2. The molecule has 2 amide bonds. The average molecular weight is 315 g/mol. The van der Waals surface area contributed by atoms with E-state index >= 15 is 0 Å². The largest absolute Gasteiger partial charge is 0.301 e. The summed E-state index contributed by atoms with van der Waals surface area (Å²) in [6.07, 6.45) is 2.08. The minimum atomic E-state index is -0.239. The van der Waals surface area contributed by atoms with Gasteiger partial charge in [0.1, 0.15) is 0 Å². The summed E-state index contributed by atoms with van der Waals surface area (Å²) in [5.74, 6) is 0.175. The zero-order valence-electron chi connectivity index (χ0n) is 11.6.